The molecular weight excluding hydrogens is 1020 g/mol. The molecule has 0 aliphatic carbocycles. The summed E-state index contributed by atoms with van der Waals surface area (Å²) in [7, 11) is 1.46. The zero-order chi connectivity index (χ0) is 53.8. The number of ether oxygens (including phenoxy) is 5. The predicted octanol–water partition coefficient (Wildman–Crippen LogP) is 10.8. The number of hydrogen-bond donors (Lipinski definition) is 2. The molecule has 0 amide bonds. The van der Waals surface area contributed by atoms with Gasteiger partial charge in [0.15, 0.2) is 11.6 Å². The predicted molar refractivity (Wildman–Crippen MR) is 283 cm³/mol. The van der Waals surface area contributed by atoms with Crippen LogP contribution in [0, 0.1) is 12.7 Å². The number of fused-ring (bicyclic) bond motifs is 2. The van der Waals surface area contributed by atoms with Crippen molar-refractivity contribution in [2.24, 2.45) is 0 Å². The number of hydrogen-bond acceptors (Lipinski definition) is 13. The second kappa shape index (κ2) is 23.0. The van der Waals surface area contributed by atoms with Crippen LogP contribution in [-0.2, 0) is 30.7 Å². The third kappa shape index (κ3) is 12.5. The van der Waals surface area contributed by atoms with Gasteiger partial charge in [-0.15, -0.1) is 0 Å². The van der Waals surface area contributed by atoms with Gasteiger partial charge in [-0.1, -0.05) is 61.6 Å². The molecular formula is C54H64ClF5N8O6Si. The molecule has 0 unspecified atom stereocenters. The Morgan fingerprint density at radius 2 is 1.65 bits per heavy atom. The number of alkyl halides is 4. The van der Waals surface area contributed by atoms with Crippen molar-refractivity contribution in [2.75, 3.05) is 64.3 Å². The Balaban J connectivity index is 1.31. The molecule has 2 aliphatic heterocycles. The van der Waals surface area contributed by atoms with Crippen molar-refractivity contribution < 1.29 is 45.6 Å². The number of methoxy groups -OCH3 is 2. The number of nitrogens with two attached hydrogens (primary N) is 1. The molecule has 75 heavy (non-hydrogen) atoms. The number of nitrogens with one attached hydrogen (secondary N) is 1. The van der Waals surface area contributed by atoms with Crippen LogP contribution in [-0.4, -0.2) is 97.9 Å². The smallest absolute Gasteiger partial charge is 0.418 e. The lowest BCUT2D eigenvalue weighted by Gasteiger charge is -2.31. The monoisotopic (exact) mass is 1080 g/mol. The Hall–Kier alpha value is -6.06. The van der Waals surface area contributed by atoms with Crippen LogP contribution in [0.1, 0.15) is 60.0 Å². The summed E-state index contributed by atoms with van der Waals surface area (Å²) in [5.41, 5.74) is 2.90. The molecule has 3 atom stereocenters. The van der Waals surface area contributed by atoms with Gasteiger partial charge in [-0.2, -0.15) is 18.2 Å². The topological polar surface area (TPSA) is 151 Å². The molecule has 0 saturated carbocycles. The lowest BCUT2D eigenvalue weighted by molar-refractivity contribution is -0.137. The number of nitrogens with zero attached hydrogens (tertiary/aromatic N) is 6. The van der Waals surface area contributed by atoms with Crippen molar-refractivity contribution in [3.63, 3.8) is 0 Å². The molecule has 0 spiro atoms. The summed E-state index contributed by atoms with van der Waals surface area (Å²) in [5, 5.41) is 2.18. The summed E-state index contributed by atoms with van der Waals surface area (Å²) in [5.74, 6) is -0.233. The van der Waals surface area contributed by atoms with Gasteiger partial charge in [0.1, 0.15) is 60.2 Å². The molecule has 3 aromatic carbocycles. The van der Waals surface area contributed by atoms with Crippen LogP contribution in [0.25, 0.3) is 22.2 Å². The van der Waals surface area contributed by atoms with Crippen LogP contribution in [0.4, 0.5) is 33.6 Å². The molecule has 5 heterocycles. The summed E-state index contributed by atoms with van der Waals surface area (Å²) in [6, 6.07) is 19.2. The van der Waals surface area contributed by atoms with Gasteiger partial charge in [-0.05, 0) is 92.4 Å². The fourth-order valence-corrected chi connectivity index (χ4v) is 11.0. The van der Waals surface area contributed by atoms with E-state index in [4.69, 9.17) is 41.0 Å². The zero-order valence-corrected chi connectivity index (χ0v) is 45.0. The van der Waals surface area contributed by atoms with Crippen molar-refractivity contribution >= 4 is 42.2 Å². The van der Waals surface area contributed by atoms with Gasteiger partial charge in [-0.25, -0.2) is 23.3 Å². The van der Waals surface area contributed by atoms with Crippen molar-refractivity contribution in [3.8, 4) is 34.5 Å². The van der Waals surface area contributed by atoms with E-state index in [1.165, 1.54) is 27.2 Å². The average molecular weight is 1080 g/mol. The standard InChI is InChI=1S/C54H64ClF5N8O6Si/c1-33-26-41(66(28-35-11-15-38(70-3)16-12-35)29-36-13-17-39(71-4)18-14-36)64-47(44(33)54(58,59)60)42-45(55)49(73-23-21-62-34(2)40-10-8-20-63-50(40)61)43-48(46(42)57)65-52(68(51(43)69)32-72-24-25-75(5,6)7)74-31-53-19-9-22-67(53)30-37(56)27-53/h8,10-18,20,26,34,37,62H,9,19,21-25,27-32H2,1-7H3,(H2,61,63)/t34-,37-,53+/m1/s1. The summed E-state index contributed by atoms with van der Waals surface area (Å²) in [6.45, 7) is 10.5. The highest BCUT2D eigenvalue weighted by Crippen LogP contribution is 2.48. The minimum absolute atomic E-state index is 0.0546. The van der Waals surface area contributed by atoms with E-state index in [1.807, 2.05) is 36.1 Å². The van der Waals surface area contributed by atoms with Crippen LogP contribution in [0.2, 0.25) is 30.7 Å². The van der Waals surface area contributed by atoms with Gasteiger partial charge in [-0.3, -0.25) is 9.69 Å². The first-order chi connectivity index (χ1) is 35.7. The molecule has 3 N–H and O–H groups in total. The van der Waals surface area contributed by atoms with Gasteiger partial charge < -0.3 is 39.6 Å². The van der Waals surface area contributed by atoms with Crippen molar-refractivity contribution in [3.05, 3.63) is 122 Å². The molecule has 2 saturated heterocycles. The number of halogens is 6. The fraction of sp³-hybridized carbons (Fsp3) is 0.444. The quantitative estimate of drug-likeness (QED) is 0.0377. The Kier molecular flexibility index (Phi) is 17.0. The molecule has 0 bridgehead atoms. The maximum Gasteiger partial charge on any atom is 0.418 e. The molecule has 3 aromatic heterocycles. The first kappa shape index (κ1) is 55.2. The van der Waals surface area contributed by atoms with Crippen molar-refractivity contribution in [1.82, 2.24) is 29.7 Å². The fourth-order valence-electron chi connectivity index (χ4n) is 9.90. The summed E-state index contributed by atoms with van der Waals surface area (Å²) >= 11 is 7.24. The summed E-state index contributed by atoms with van der Waals surface area (Å²) in [6.07, 6.45) is -3.06. The van der Waals surface area contributed by atoms with E-state index >= 15 is 26.7 Å². The molecule has 14 nitrogen and oxygen atoms in total. The van der Waals surface area contributed by atoms with Crippen molar-refractivity contribution in [1.29, 1.82) is 0 Å². The second-order valence-electron chi connectivity index (χ2n) is 20.5. The maximum absolute atomic E-state index is 18.2. The Morgan fingerprint density at radius 1 is 0.987 bits per heavy atom. The molecule has 8 rings (SSSR count). The molecule has 6 aromatic rings. The number of aryl methyl sites for hydroxylation is 1. The SMILES string of the molecule is COc1ccc(CN(Cc2ccc(OC)cc2)c2cc(C)c(C(F)(F)F)c(-c3c(Cl)c(OCCN[C@H](C)c4cccnc4N)c4c(=O)n(COCC[Si](C)(C)C)c(OC[C@@]56CCCN5C[C@H](F)C6)nc4c3F)n2)cc1. The first-order valence-corrected chi connectivity index (χ1v) is 29.0. The molecule has 2 aliphatic rings. The van der Waals surface area contributed by atoms with Crippen LogP contribution in [0.3, 0.4) is 0 Å². The number of benzene rings is 3. The van der Waals surface area contributed by atoms with Gasteiger partial charge in [0.05, 0.1) is 41.6 Å². The van der Waals surface area contributed by atoms with E-state index in [9.17, 15) is 0 Å². The van der Waals surface area contributed by atoms with Gasteiger partial charge in [0.25, 0.3) is 5.56 Å². The van der Waals surface area contributed by atoms with E-state index < -0.39 is 75.8 Å². The number of anilines is 2. The van der Waals surface area contributed by atoms with Gasteiger partial charge in [0, 0.05) is 65.1 Å². The van der Waals surface area contributed by atoms with Gasteiger partial charge >= 0.3 is 12.2 Å². The van der Waals surface area contributed by atoms with Crippen LogP contribution in [0.5, 0.6) is 23.3 Å². The Morgan fingerprint density at radius 3 is 2.27 bits per heavy atom. The normalized spacial score (nSPS) is 17.3. The second-order valence-corrected chi connectivity index (χ2v) is 26.5. The third-order valence-electron chi connectivity index (χ3n) is 13.9. The lowest BCUT2D eigenvalue weighted by atomic mass is 9.95. The lowest BCUT2D eigenvalue weighted by Crippen LogP contribution is -2.44. The van der Waals surface area contributed by atoms with E-state index in [1.54, 1.807) is 47.5 Å². The number of pyridine rings is 2. The first-order valence-electron chi connectivity index (χ1n) is 24.9. The molecule has 21 heteroatoms. The van der Waals surface area contributed by atoms with Crippen LogP contribution >= 0.6 is 11.6 Å². The minimum atomic E-state index is -5.10. The molecule has 402 valence electrons. The zero-order valence-electron chi connectivity index (χ0n) is 43.3. The van der Waals surface area contributed by atoms with E-state index in [0.29, 0.717) is 35.8 Å². The van der Waals surface area contributed by atoms with Crippen LogP contribution < -0.4 is 40.5 Å². The minimum Gasteiger partial charge on any atom is -0.497 e. The third-order valence-corrected chi connectivity index (χ3v) is 16.0. The largest absolute Gasteiger partial charge is 0.497 e. The van der Waals surface area contributed by atoms with Gasteiger partial charge in [0.2, 0.25) is 0 Å². The maximum atomic E-state index is 18.2. The Bertz CT molecular complexity index is 2990. The van der Waals surface area contributed by atoms with E-state index in [0.717, 1.165) is 28.2 Å². The number of nitrogen functional groups attached to an aromatic ring is 1. The Labute approximate surface area is 439 Å². The molecule has 0 radical (unpaired) electrons. The van der Waals surface area contributed by atoms with E-state index in [-0.39, 0.29) is 82.6 Å². The average Bonchev–Trinajstić information content (AvgIpc) is 3.90. The number of rotatable bonds is 22. The highest BCUT2D eigenvalue weighted by atomic mass is 35.5. The van der Waals surface area contributed by atoms with Crippen molar-refractivity contribution in [2.45, 2.75) is 103 Å². The highest BCUT2D eigenvalue weighted by Gasteiger charge is 2.49. The summed E-state index contributed by atoms with van der Waals surface area (Å²) in [4.78, 5) is 32.4. The summed E-state index contributed by atoms with van der Waals surface area (Å²) < 4.78 is 111. The number of aromatic nitrogens is 4. The molecule has 2 fully saturated rings. The highest BCUT2D eigenvalue weighted by molar-refractivity contribution is 6.76. The van der Waals surface area contributed by atoms with E-state index in [2.05, 4.69) is 39.9 Å². The van der Waals surface area contributed by atoms with Crippen LogP contribution in [0.15, 0.2) is 77.7 Å².